The summed E-state index contributed by atoms with van der Waals surface area (Å²) in [6, 6.07) is 9.00. The van der Waals surface area contributed by atoms with Crippen LogP contribution < -0.4 is 14.8 Å². The molecule has 1 heterocycles. The van der Waals surface area contributed by atoms with E-state index in [0.29, 0.717) is 22.8 Å². The second kappa shape index (κ2) is 7.15. The van der Waals surface area contributed by atoms with Crippen LogP contribution in [-0.4, -0.2) is 18.6 Å². The first-order valence-corrected chi connectivity index (χ1v) is 6.71. The van der Waals surface area contributed by atoms with Gasteiger partial charge in [-0.25, -0.2) is 0 Å². The molecule has 0 atom stereocenters. The fourth-order valence-corrected chi connectivity index (χ4v) is 1.79. The molecule has 0 radical (unpaired) electrons. The molecule has 1 N–H and O–H groups in total. The van der Waals surface area contributed by atoms with Crippen molar-refractivity contribution in [1.82, 2.24) is 4.98 Å². The van der Waals surface area contributed by atoms with Gasteiger partial charge in [-0.2, -0.15) is 5.26 Å². The van der Waals surface area contributed by atoms with Crippen LogP contribution >= 0.6 is 0 Å². The number of nitrogens with one attached hydrogen (secondary N) is 1. The average molecular weight is 283 g/mol. The van der Waals surface area contributed by atoms with Crippen LogP contribution in [0.4, 0.5) is 5.69 Å². The van der Waals surface area contributed by atoms with Crippen molar-refractivity contribution in [3.05, 3.63) is 42.2 Å². The van der Waals surface area contributed by atoms with Crippen LogP contribution in [0.5, 0.6) is 17.2 Å². The van der Waals surface area contributed by atoms with E-state index < -0.39 is 0 Å². The molecule has 0 aliphatic heterocycles. The van der Waals surface area contributed by atoms with E-state index in [0.717, 1.165) is 18.7 Å². The van der Waals surface area contributed by atoms with Gasteiger partial charge in [0.1, 0.15) is 17.2 Å². The minimum atomic E-state index is 0.484. The summed E-state index contributed by atoms with van der Waals surface area (Å²) in [4.78, 5) is 4.14. The van der Waals surface area contributed by atoms with Crippen LogP contribution in [0.3, 0.4) is 0 Å². The van der Waals surface area contributed by atoms with Crippen molar-refractivity contribution in [3.8, 4) is 23.3 Å². The Morgan fingerprint density at radius 3 is 2.67 bits per heavy atom. The predicted molar refractivity (Wildman–Crippen MR) is 80.8 cm³/mol. The molecular weight excluding hydrogens is 266 g/mol. The Labute approximate surface area is 124 Å². The number of anilines is 1. The SMILES string of the molecule is CCCNc1cncc(Oc2cc(C#N)cc(OC)c2)c1. The van der Waals surface area contributed by atoms with Crippen molar-refractivity contribution in [1.29, 1.82) is 5.26 Å². The highest BCUT2D eigenvalue weighted by Crippen LogP contribution is 2.27. The van der Waals surface area contributed by atoms with Gasteiger partial charge in [0.2, 0.25) is 0 Å². The minimum absolute atomic E-state index is 0.484. The number of hydrogen-bond donors (Lipinski definition) is 1. The van der Waals surface area contributed by atoms with Crippen molar-refractivity contribution in [2.75, 3.05) is 19.0 Å². The lowest BCUT2D eigenvalue weighted by Crippen LogP contribution is -2.00. The van der Waals surface area contributed by atoms with Crippen LogP contribution in [0, 0.1) is 11.3 Å². The Hall–Kier alpha value is -2.74. The van der Waals surface area contributed by atoms with E-state index in [2.05, 4.69) is 23.3 Å². The van der Waals surface area contributed by atoms with Gasteiger partial charge in [-0.1, -0.05) is 6.92 Å². The monoisotopic (exact) mass is 283 g/mol. The molecule has 0 bridgehead atoms. The number of methoxy groups -OCH3 is 1. The molecule has 0 aliphatic carbocycles. The number of ether oxygens (including phenoxy) is 2. The molecule has 0 aliphatic rings. The third kappa shape index (κ3) is 4.11. The van der Waals surface area contributed by atoms with E-state index in [-0.39, 0.29) is 0 Å². The van der Waals surface area contributed by atoms with Crippen molar-refractivity contribution >= 4 is 5.69 Å². The molecule has 5 heteroatoms. The summed E-state index contributed by atoms with van der Waals surface area (Å²) < 4.78 is 10.9. The lowest BCUT2D eigenvalue weighted by Gasteiger charge is -2.10. The van der Waals surface area contributed by atoms with Crippen LogP contribution in [0.25, 0.3) is 0 Å². The topological polar surface area (TPSA) is 67.2 Å². The molecule has 21 heavy (non-hydrogen) atoms. The molecule has 108 valence electrons. The third-order valence-corrected chi connectivity index (χ3v) is 2.77. The van der Waals surface area contributed by atoms with Gasteiger partial charge in [-0.05, 0) is 18.6 Å². The fraction of sp³-hybridized carbons (Fsp3) is 0.250. The Kier molecular flexibility index (Phi) is 4.99. The van der Waals surface area contributed by atoms with Gasteiger partial charge in [0.15, 0.2) is 0 Å². The number of rotatable bonds is 6. The predicted octanol–water partition coefficient (Wildman–Crippen LogP) is 3.58. The second-order valence-electron chi connectivity index (χ2n) is 4.45. The maximum atomic E-state index is 9.01. The second-order valence-corrected chi connectivity index (χ2v) is 4.45. The zero-order chi connectivity index (χ0) is 15.1. The number of pyridine rings is 1. The number of nitrogens with zero attached hydrogens (tertiary/aromatic N) is 2. The quantitative estimate of drug-likeness (QED) is 0.877. The van der Waals surface area contributed by atoms with E-state index in [1.54, 1.807) is 37.7 Å². The Morgan fingerprint density at radius 1 is 1.14 bits per heavy atom. The normalized spacial score (nSPS) is 9.76. The van der Waals surface area contributed by atoms with E-state index >= 15 is 0 Å². The van der Waals surface area contributed by atoms with Crippen molar-refractivity contribution in [2.45, 2.75) is 13.3 Å². The maximum Gasteiger partial charge on any atom is 0.147 e. The largest absolute Gasteiger partial charge is 0.497 e. The van der Waals surface area contributed by atoms with Gasteiger partial charge in [-0.15, -0.1) is 0 Å². The lowest BCUT2D eigenvalue weighted by molar-refractivity contribution is 0.408. The average Bonchev–Trinajstić information content (AvgIpc) is 2.52. The summed E-state index contributed by atoms with van der Waals surface area (Å²) in [6.07, 6.45) is 4.41. The van der Waals surface area contributed by atoms with Crippen molar-refractivity contribution in [2.24, 2.45) is 0 Å². The van der Waals surface area contributed by atoms with E-state index in [4.69, 9.17) is 14.7 Å². The Balaban J connectivity index is 2.19. The van der Waals surface area contributed by atoms with E-state index in [1.807, 2.05) is 6.07 Å². The number of benzene rings is 1. The van der Waals surface area contributed by atoms with Gasteiger partial charge in [0.05, 0.1) is 36.8 Å². The first kappa shape index (κ1) is 14.7. The van der Waals surface area contributed by atoms with Crippen LogP contribution in [-0.2, 0) is 0 Å². The number of hydrogen-bond acceptors (Lipinski definition) is 5. The maximum absolute atomic E-state index is 9.01. The van der Waals surface area contributed by atoms with Gasteiger partial charge < -0.3 is 14.8 Å². The number of aromatic nitrogens is 1. The highest BCUT2D eigenvalue weighted by atomic mass is 16.5. The zero-order valence-electron chi connectivity index (χ0n) is 12.1. The molecular formula is C16H17N3O2. The van der Waals surface area contributed by atoms with Crippen LogP contribution in [0.1, 0.15) is 18.9 Å². The standard InChI is InChI=1S/C16H17N3O2/c1-3-4-19-13-7-16(11-18-10-13)21-15-6-12(9-17)5-14(8-15)20-2/h5-8,10-11,19H,3-4H2,1-2H3. The summed E-state index contributed by atoms with van der Waals surface area (Å²) >= 11 is 0. The molecule has 0 fully saturated rings. The molecule has 0 unspecified atom stereocenters. The number of nitriles is 1. The molecule has 0 spiro atoms. The zero-order valence-corrected chi connectivity index (χ0v) is 12.1. The highest BCUT2D eigenvalue weighted by molar-refractivity contribution is 5.48. The molecule has 0 saturated heterocycles. The van der Waals surface area contributed by atoms with Gasteiger partial charge >= 0.3 is 0 Å². The summed E-state index contributed by atoms with van der Waals surface area (Å²) in [5.74, 6) is 1.73. The molecule has 0 amide bonds. The lowest BCUT2D eigenvalue weighted by atomic mass is 10.2. The molecule has 2 rings (SSSR count). The summed E-state index contributed by atoms with van der Waals surface area (Å²) in [6.45, 7) is 2.98. The van der Waals surface area contributed by atoms with Gasteiger partial charge in [-0.3, -0.25) is 4.98 Å². The molecule has 0 saturated carbocycles. The Bertz CT molecular complexity index is 650. The minimum Gasteiger partial charge on any atom is -0.497 e. The van der Waals surface area contributed by atoms with Gasteiger partial charge in [0.25, 0.3) is 0 Å². The highest BCUT2D eigenvalue weighted by Gasteiger charge is 2.04. The van der Waals surface area contributed by atoms with Gasteiger partial charge in [0, 0.05) is 18.7 Å². The summed E-state index contributed by atoms with van der Waals surface area (Å²) in [7, 11) is 1.55. The molecule has 1 aromatic carbocycles. The van der Waals surface area contributed by atoms with Crippen LogP contribution in [0.2, 0.25) is 0 Å². The van der Waals surface area contributed by atoms with Crippen molar-refractivity contribution in [3.63, 3.8) is 0 Å². The molecule has 5 nitrogen and oxygen atoms in total. The first-order valence-electron chi connectivity index (χ1n) is 6.71. The van der Waals surface area contributed by atoms with Crippen molar-refractivity contribution < 1.29 is 9.47 Å². The Morgan fingerprint density at radius 2 is 1.95 bits per heavy atom. The third-order valence-electron chi connectivity index (χ3n) is 2.77. The summed E-state index contributed by atoms with van der Waals surface area (Å²) in [5.41, 5.74) is 1.38. The van der Waals surface area contributed by atoms with Crippen LogP contribution in [0.15, 0.2) is 36.7 Å². The molecule has 2 aromatic rings. The first-order chi connectivity index (χ1) is 10.2. The summed E-state index contributed by atoms with van der Waals surface area (Å²) in [5, 5.41) is 12.3. The fourth-order valence-electron chi connectivity index (χ4n) is 1.79. The smallest absolute Gasteiger partial charge is 0.147 e. The van der Waals surface area contributed by atoms with E-state index in [9.17, 15) is 0 Å². The molecule has 1 aromatic heterocycles. The van der Waals surface area contributed by atoms with E-state index in [1.165, 1.54) is 0 Å².